The largest absolute Gasteiger partial charge is 0.479 e. The van der Waals surface area contributed by atoms with Gasteiger partial charge in [0.1, 0.15) is 0 Å². The Morgan fingerprint density at radius 2 is 1.72 bits per heavy atom. The quantitative estimate of drug-likeness (QED) is 0.838. The lowest BCUT2D eigenvalue weighted by molar-refractivity contribution is -0.143. The molecule has 1 aliphatic carbocycles. The second kappa shape index (κ2) is 7.44. The van der Waals surface area contributed by atoms with Crippen LogP contribution in [0.3, 0.4) is 0 Å². The van der Waals surface area contributed by atoms with Gasteiger partial charge >= 0.3 is 5.97 Å². The van der Waals surface area contributed by atoms with E-state index in [1.807, 2.05) is 4.90 Å². The van der Waals surface area contributed by atoms with Gasteiger partial charge in [0.25, 0.3) is 0 Å². The second-order valence-corrected chi connectivity index (χ2v) is 7.08. The van der Waals surface area contributed by atoms with Crippen molar-refractivity contribution in [2.45, 2.75) is 31.7 Å². The summed E-state index contributed by atoms with van der Waals surface area (Å²) in [6, 6.07) is 5.41. The van der Waals surface area contributed by atoms with Gasteiger partial charge in [-0.3, -0.25) is 9.59 Å². The van der Waals surface area contributed by atoms with Crippen LogP contribution in [0.4, 0.5) is 0 Å². The summed E-state index contributed by atoms with van der Waals surface area (Å²) in [5.74, 6) is -1.36. The van der Waals surface area contributed by atoms with Crippen LogP contribution in [0.25, 0.3) is 0 Å². The summed E-state index contributed by atoms with van der Waals surface area (Å²) in [4.78, 5) is 37.9. The lowest BCUT2D eigenvalue weighted by atomic mass is 9.94. The van der Waals surface area contributed by atoms with Crippen molar-refractivity contribution in [2.24, 2.45) is 11.8 Å². The van der Waals surface area contributed by atoms with Crippen LogP contribution in [-0.2, 0) is 14.4 Å². The molecule has 25 heavy (non-hydrogen) atoms. The Morgan fingerprint density at radius 1 is 1.08 bits per heavy atom. The van der Waals surface area contributed by atoms with Crippen LogP contribution in [0.2, 0.25) is 5.02 Å². The fourth-order valence-electron chi connectivity index (χ4n) is 3.19. The lowest BCUT2D eigenvalue weighted by Gasteiger charge is -2.32. The van der Waals surface area contributed by atoms with Gasteiger partial charge < -0.3 is 15.3 Å². The first-order valence-electron chi connectivity index (χ1n) is 8.53. The number of rotatable bonds is 5. The van der Waals surface area contributed by atoms with Gasteiger partial charge in [0, 0.05) is 35.5 Å². The molecule has 0 spiro atoms. The maximum absolute atomic E-state index is 12.5. The van der Waals surface area contributed by atoms with Crippen molar-refractivity contribution >= 4 is 29.4 Å². The normalized spacial score (nSPS) is 19.3. The first kappa shape index (κ1) is 17.7. The maximum atomic E-state index is 12.5. The van der Waals surface area contributed by atoms with E-state index in [9.17, 15) is 19.5 Å². The number of aliphatic carboxylic acids is 1. The van der Waals surface area contributed by atoms with E-state index in [1.54, 1.807) is 24.3 Å². The minimum atomic E-state index is -1.17. The number of carbonyl (C=O) groups is 3. The van der Waals surface area contributed by atoms with E-state index in [0.29, 0.717) is 36.5 Å². The summed E-state index contributed by atoms with van der Waals surface area (Å²) in [5, 5.41) is 12.4. The van der Waals surface area contributed by atoms with Crippen LogP contribution in [0.1, 0.15) is 37.3 Å². The van der Waals surface area contributed by atoms with E-state index in [1.165, 1.54) is 0 Å². The Labute approximate surface area is 151 Å². The van der Waals surface area contributed by atoms with Crippen molar-refractivity contribution in [3.8, 4) is 0 Å². The summed E-state index contributed by atoms with van der Waals surface area (Å²) in [5.41, 5.74) is 0.367. The summed E-state index contributed by atoms with van der Waals surface area (Å²) in [6.45, 7) is 1.11. The molecule has 1 aromatic carbocycles. The van der Waals surface area contributed by atoms with Gasteiger partial charge in [-0.2, -0.15) is 0 Å². The number of nitrogens with one attached hydrogen (secondary N) is 1. The zero-order valence-corrected chi connectivity index (χ0v) is 14.5. The number of likely N-dealkylation sites (tertiary alicyclic amines) is 1. The monoisotopic (exact) mass is 364 g/mol. The Bertz CT molecular complexity index is 681. The third kappa shape index (κ3) is 4.12. The average molecular weight is 365 g/mol. The van der Waals surface area contributed by atoms with Crippen molar-refractivity contribution < 1.29 is 19.5 Å². The predicted octanol–water partition coefficient (Wildman–Crippen LogP) is 2.23. The number of carbonyl (C=O) groups excluding carboxylic acids is 2. The van der Waals surface area contributed by atoms with Crippen molar-refractivity contribution in [3.63, 3.8) is 0 Å². The van der Waals surface area contributed by atoms with E-state index < -0.39 is 12.0 Å². The van der Waals surface area contributed by atoms with Crippen LogP contribution < -0.4 is 5.32 Å². The van der Waals surface area contributed by atoms with Crippen molar-refractivity contribution in [1.82, 2.24) is 10.2 Å². The van der Waals surface area contributed by atoms with Gasteiger partial charge in [-0.15, -0.1) is 0 Å². The van der Waals surface area contributed by atoms with E-state index in [-0.39, 0.29) is 23.7 Å². The molecule has 2 amide bonds. The highest BCUT2D eigenvalue weighted by Crippen LogP contribution is 2.32. The molecule has 0 unspecified atom stereocenters. The Hall–Kier alpha value is -2.08. The number of carboxylic acids is 1. The molecule has 1 aliphatic heterocycles. The molecule has 3 rings (SSSR count). The molecule has 2 N–H and O–H groups in total. The van der Waals surface area contributed by atoms with E-state index >= 15 is 0 Å². The van der Waals surface area contributed by atoms with Crippen LogP contribution >= 0.6 is 11.6 Å². The maximum Gasteiger partial charge on any atom is 0.330 e. The molecule has 7 heteroatoms. The zero-order valence-electron chi connectivity index (χ0n) is 13.8. The highest BCUT2D eigenvalue weighted by molar-refractivity contribution is 6.31. The number of halogens is 1. The minimum absolute atomic E-state index is 0.182. The highest BCUT2D eigenvalue weighted by Gasteiger charge is 2.36. The molecule has 0 bridgehead atoms. The Kier molecular flexibility index (Phi) is 5.27. The predicted molar refractivity (Wildman–Crippen MR) is 92.0 cm³/mol. The molecule has 1 aromatic rings. The fraction of sp³-hybridized carbons (Fsp3) is 0.500. The smallest absolute Gasteiger partial charge is 0.330 e. The highest BCUT2D eigenvalue weighted by atomic mass is 35.5. The molecule has 1 saturated carbocycles. The number of nitrogens with zero attached hydrogens (tertiary/aromatic N) is 1. The second-order valence-electron chi connectivity index (χ2n) is 6.68. The zero-order chi connectivity index (χ0) is 18.0. The standard InChI is InChI=1S/C18H21ClN2O4/c19-14-4-2-1-3-13(14)15(18(24)25)20-16(22)11-7-9-21(10-8-11)17(23)12-5-6-12/h1-4,11-12,15H,5-10H2,(H,20,22)(H,24,25)/t15-/m0/s1. The van der Waals surface area contributed by atoms with Gasteiger partial charge in [-0.1, -0.05) is 29.8 Å². The summed E-state index contributed by atoms with van der Waals surface area (Å²) >= 11 is 6.06. The first-order valence-corrected chi connectivity index (χ1v) is 8.91. The number of benzene rings is 1. The number of hydrogen-bond acceptors (Lipinski definition) is 3. The summed E-state index contributed by atoms with van der Waals surface area (Å²) < 4.78 is 0. The summed E-state index contributed by atoms with van der Waals surface area (Å²) in [6.07, 6.45) is 3.05. The van der Waals surface area contributed by atoms with E-state index in [4.69, 9.17) is 11.6 Å². The third-order valence-corrected chi connectivity index (χ3v) is 5.20. The van der Waals surface area contributed by atoms with Crippen molar-refractivity contribution in [3.05, 3.63) is 34.9 Å². The molecular weight excluding hydrogens is 344 g/mol. The molecule has 1 saturated heterocycles. The number of piperidine rings is 1. The molecule has 0 radical (unpaired) electrons. The van der Waals surface area contributed by atoms with Gasteiger partial charge in [0.2, 0.25) is 11.8 Å². The van der Waals surface area contributed by atoms with Gasteiger partial charge in [0.15, 0.2) is 6.04 Å². The topological polar surface area (TPSA) is 86.7 Å². The van der Waals surface area contributed by atoms with Crippen LogP contribution in [0, 0.1) is 11.8 Å². The van der Waals surface area contributed by atoms with Crippen molar-refractivity contribution in [1.29, 1.82) is 0 Å². The number of hydrogen-bond donors (Lipinski definition) is 2. The molecule has 1 heterocycles. The van der Waals surface area contributed by atoms with Gasteiger partial charge in [0.05, 0.1) is 0 Å². The van der Waals surface area contributed by atoms with Gasteiger partial charge in [-0.05, 0) is 31.7 Å². The molecule has 1 atom stereocenters. The third-order valence-electron chi connectivity index (χ3n) is 4.85. The Balaban J connectivity index is 1.60. The number of amides is 2. The van der Waals surface area contributed by atoms with Crippen LogP contribution in [0.15, 0.2) is 24.3 Å². The van der Waals surface area contributed by atoms with E-state index in [0.717, 1.165) is 12.8 Å². The molecular formula is C18H21ClN2O4. The van der Waals surface area contributed by atoms with Crippen LogP contribution in [0.5, 0.6) is 0 Å². The lowest BCUT2D eigenvalue weighted by Crippen LogP contribution is -2.45. The first-order chi connectivity index (χ1) is 12.0. The molecule has 134 valence electrons. The molecule has 6 nitrogen and oxygen atoms in total. The van der Waals surface area contributed by atoms with Gasteiger partial charge in [-0.25, -0.2) is 4.79 Å². The van der Waals surface area contributed by atoms with Crippen LogP contribution in [-0.4, -0.2) is 40.9 Å². The number of carboxylic acid groups (broad SMARTS) is 1. The average Bonchev–Trinajstić information content (AvgIpc) is 3.44. The fourth-order valence-corrected chi connectivity index (χ4v) is 3.44. The molecule has 0 aromatic heterocycles. The minimum Gasteiger partial charge on any atom is -0.479 e. The summed E-state index contributed by atoms with van der Waals surface area (Å²) in [7, 11) is 0. The Morgan fingerprint density at radius 3 is 2.28 bits per heavy atom. The molecule has 2 aliphatic rings. The SMILES string of the molecule is O=C(N[C@H](C(=O)O)c1ccccc1Cl)C1CCN(C(=O)C2CC2)CC1. The molecule has 2 fully saturated rings. The van der Waals surface area contributed by atoms with Crippen molar-refractivity contribution in [2.75, 3.05) is 13.1 Å². The van der Waals surface area contributed by atoms with E-state index in [2.05, 4.69) is 5.32 Å².